The molecule has 0 unspecified atom stereocenters. The molecule has 2 N–H and O–H groups in total. The third-order valence-corrected chi connectivity index (χ3v) is 3.42. The molecule has 1 fully saturated rings. The van der Waals surface area contributed by atoms with E-state index >= 15 is 0 Å². The van der Waals surface area contributed by atoms with Crippen molar-refractivity contribution >= 4 is 17.8 Å². The van der Waals surface area contributed by atoms with Gasteiger partial charge < -0.3 is 0 Å². The van der Waals surface area contributed by atoms with Gasteiger partial charge in [0.05, 0.1) is 0 Å². The van der Waals surface area contributed by atoms with Gasteiger partial charge in [-0.05, 0) is 25.7 Å². The fourth-order valence-corrected chi connectivity index (χ4v) is 2.19. The van der Waals surface area contributed by atoms with Gasteiger partial charge in [-0.25, -0.2) is 4.79 Å². The van der Waals surface area contributed by atoms with E-state index in [0.29, 0.717) is 0 Å². The van der Waals surface area contributed by atoms with Gasteiger partial charge in [0.15, 0.2) is 0 Å². The summed E-state index contributed by atoms with van der Waals surface area (Å²) < 4.78 is 0. The van der Waals surface area contributed by atoms with Gasteiger partial charge in [-0.3, -0.25) is 20.2 Å². The molecule has 0 aliphatic carbocycles. The maximum atomic E-state index is 12.0. The zero-order valence-electron chi connectivity index (χ0n) is 11.9. The first-order chi connectivity index (χ1) is 9.56. The fraction of sp³-hybridized carbons (Fsp3) is 0.533. The Morgan fingerprint density at radius 3 is 2.25 bits per heavy atom. The molecule has 1 heterocycles. The van der Waals surface area contributed by atoms with E-state index in [-0.39, 0.29) is 12.8 Å². The highest BCUT2D eigenvalue weighted by Crippen LogP contribution is 2.30. The smallest absolute Gasteiger partial charge is 0.277 e. The van der Waals surface area contributed by atoms with Crippen LogP contribution in [0.5, 0.6) is 0 Å². The highest BCUT2D eigenvalue weighted by Gasteiger charge is 2.48. The average molecular weight is 278 g/mol. The summed E-state index contributed by atoms with van der Waals surface area (Å²) in [6.07, 6.45) is 10.2. The van der Waals surface area contributed by atoms with Crippen LogP contribution in [-0.4, -0.2) is 17.8 Å². The first kappa shape index (κ1) is 16.1. The molecular formula is C15H22N2O3. The molecule has 0 aromatic carbocycles. The number of hydrogen-bond donors (Lipinski definition) is 2. The number of urea groups is 1. The zero-order chi connectivity index (χ0) is 15.0. The molecule has 110 valence electrons. The van der Waals surface area contributed by atoms with Crippen LogP contribution in [0.4, 0.5) is 4.79 Å². The summed E-state index contributed by atoms with van der Waals surface area (Å²) in [5.41, 5.74) is -1.25. The van der Waals surface area contributed by atoms with Crippen LogP contribution in [0, 0.1) is 5.41 Å². The van der Waals surface area contributed by atoms with Crippen molar-refractivity contribution < 1.29 is 14.4 Å². The van der Waals surface area contributed by atoms with Crippen molar-refractivity contribution in [1.29, 1.82) is 0 Å². The lowest BCUT2D eigenvalue weighted by molar-refractivity contribution is -0.144. The lowest BCUT2D eigenvalue weighted by Gasteiger charge is -2.32. The van der Waals surface area contributed by atoms with E-state index in [4.69, 9.17) is 0 Å². The minimum Gasteiger partial charge on any atom is -0.277 e. The number of barbiturate groups is 1. The van der Waals surface area contributed by atoms with Gasteiger partial charge in [0.25, 0.3) is 0 Å². The van der Waals surface area contributed by atoms with Crippen molar-refractivity contribution in [3.05, 3.63) is 24.8 Å². The molecule has 0 aromatic heterocycles. The zero-order valence-corrected chi connectivity index (χ0v) is 11.9. The number of nitrogens with one attached hydrogen (secondary N) is 2. The van der Waals surface area contributed by atoms with E-state index in [9.17, 15) is 14.4 Å². The molecule has 5 heteroatoms. The second-order valence-electron chi connectivity index (χ2n) is 4.98. The molecule has 4 amide bonds. The van der Waals surface area contributed by atoms with E-state index in [0.717, 1.165) is 25.7 Å². The summed E-state index contributed by atoms with van der Waals surface area (Å²) >= 11 is 0. The quantitative estimate of drug-likeness (QED) is 0.407. The van der Waals surface area contributed by atoms with Gasteiger partial charge in [0, 0.05) is 0 Å². The standard InChI is InChI=1S/C15H22N2O3/c1-3-5-6-7-8-9-11-15(10-4-2)12(18)16-14(20)17-13(15)19/h4,8-9H,2-3,5-7,10-11H2,1H3,(H2,16,17,18,19,20)/b9-8+. The number of rotatable bonds is 8. The van der Waals surface area contributed by atoms with E-state index in [1.54, 1.807) is 0 Å². The largest absolute Gasteiger partial charge is 0.328 e. The molecule has 0 radical (unpaired) electrons. The van der Waals surface area contributed by atoms with Crippen LogP contribution in [0.15, 0.2) is 24.8 Å². The predicted octanol–water partition coefficient (Wildman–Crippen LogP) is 2.44. The lowest BCUT2D eigenvalue weighted by atomic mass is 9.78. The molecule has 1 aliphatic heterocycles. The Labute approximate surface area is 119 Å². The Balaban J connectivity index is 2.71. The number of imide groups is 2. The molecule has 0 spiro atoms. The number of unbranched alkanes of at least 4 members (excludes halogenated alkanes) is 3. The summed E-state index contributed by atoms with van der Waals surface area (Å²) in [6, 6.07) is -0.758. The third-order valence-electron chi connectivity index (χ3n) is 3.42. The Kier molecular flexibility index (Phi) is 6.15. The Morgan fingerprint density at radius 1 is 1.05 bits per heavy atom. The Hall–Kier alpha value is -1.91. The maximum absolute atomic E-state index is 12.0. The molecule has 0 aromatic rings. The van der Waals surface area contributed by atoms with Gasteiger partial charge in [-0.1, -0.05) is 38.0 Å². The number of carbonyl (C=O) groups excluding carboxylic acids is 3. The second kappa shape index (κ2) is 7.62. The van der Waals surface area contributed by atoms with Gasteiger partial charge >= 0.3 is 6.03 Å². The van der Waals surface area contributed by atoms with Gasteiger partial charge in [-0.2, -0.15) is 0 Å². The van der Waals surface area contributed by atoms with Gasteiger partial charge in [0.1, 0.15) is 5.41 Å². The van der Waals surface area contributed by atoms with Crippen molar-refractivity contribution in [3.8, 4) is 0 Å². The van der Waals surface area contributed by atoms with E-state index in [2.05, 4.69) is 24.1 Å². The van der Waals surface area contributed by atoms with Crippen molar-refractivity contribution in [3.63, 3.8) is 0 Å². The van der Waals surface area contributed by atoms with Crippen LogP contribution >= 0.6 is 0 Å². The normalized spacial score (nSPS) is 17.9. The fourth-order valence-electron chi connectivity index (χ4n) is 2.19. The van der Waals surface area contributed by atoms with Crippen LogP contribution < -0.4 is 10.6 Å². The first-order valence-electron chi connectivity index (χ1n) is 6.99. The topological polar surface area (TPSA) is 75.3 Å². The van der Waals surface area contributed by atoms with Crippen LogP contribution in [0.25, 0.3) is 0 Å². The summed E-state index contributed by atoms with van der Waals surface area (Å²) in [5.74, 6) is -1.10. The molecule has 1 saturated heterocycles. The van der Waals surface area contributed by atoms with Crippen LogP contribution in [-0.2, 0) is 9.59 Å². The van der Waals surface area contributed by atoms with Crippen molar-refractivity contribution in [2.75, 3.05) is 0 Å². The minimum absolute atomic E-state index is 0.206. The molecule has 1 rings (SSSR count). The molecular weight excluding hydrogens is 256 g/mol. The van der Waals surface area contributed by atoms with Crippen LogP contribution in [0.3, 0.4) is 0 Å². The highest BCUT2D eigenvalue weighted by atomic mass is 16.2. The monoisotopic (exact) mass is 278 g/mol. The second-order valence-corrected chi connectivity index (χ2v) is 4.98. The number of allylic oxidation sites excluding steroid dienone is 3. The van der Waals surface area contributed by atoms with Crippen LogP contribution in [0.2, 0.25) is 0 Å². The number of carbonyl (C=O) groups is 3. The first-order valence-corrected chi connectivity index (χ1v) is 6.99. The third kappa shape index (κ3) is 3.79. The van der Waals surface area contributed by atoms with E-state index in [1.807, 2.05) is 12.2 Å². The molecule has 0 bridgehead atoms. The van der Waals surface area contributed by atoms with Gasteiger partial charge in [0.2, 0.25) is 11.8 Å². The highest BCUT2D eigenvalue weighted by molar-refractivity contribution is 6.19. The Morgan fingerprint density at radius 2 is 1.70 bits per heavy atom. The maximum Gasteiger partial charge on any atom is 0.328 e. The van der Waals surface area contributed by atoms with E-state index < -0.39 is 23.3 Å². The summed E-state index contributed by atoms with van der Waals surface area (Å²) in [7, 11) is 0. The SMILES string of the molecule is C=CCC1(C/C=C/CCCCC)C(=O)NC(=O)NC1=O. The number of amides is 4. The number of hydrogen-bond acceptors (Lipinski definition) is 3. The van der Waals surface area contributed by atoms with Gasteiger partial charge in [-0.15, -0.1) is 6.58 Å². The molecule has 20 heavy (non-hydrogen) atoms. The molecule has 0 saturated carbocycles. The van der Waals surface area contributed by atoms with Crippen molar-refractivity contribution in [1.82, 2.24) is 10.6 Å². The van der Waals surface area contributed by atoms with Crippen LogP contribution in [0.1, 0.15) is 45.4 Å². The summed E-state index contributed by atoms with van der Waals surface area (Å²) in [4.78, 5) is 35.2. The lowest BCUT2D eigenvalue weighted by Crippen LogP contribution is -2.62. The summed E-state index contributed by atoms with van der Waals surface area (Å²) in [5, 5.41) is 4.31. The molecule has 0 atom stereocenters. The molecule has 1 aliphatic rings. The minimum atomic E-state index is -1.25. The Bertz CT molecular complexity index is 407. The van der Waals surface area contributed by atoms with Crippen molar-refractivity contribution in [2.24, 2.45) is 5.41 Å². The predicted molar refractivity (Wildman–Crippen MR) is 76.8 cm³/mol. The van der Waals surface area contributed by atoms with Crippen molar-refractivity contribution in [2.45, 2.75) is 45.4 Å². The summed E-state index contributed by atoms with van der Waals surface area (Å²) in [6.45, 7) is 5.72. The molecule has 5 nitrogen and oxygen atoms in total. The van der Waals surface area contributed by atoms with E-state index in [1.165, 1.54) is 6.08 Å². The average Bonchev–Trinajstić information content (AvgIpc) is 2.39.